The molecule has 0 amide bonds. The standard InChI is InChI=1S/C11H13N5/c12-3-8-4-14-11(15-5-8)16-7-9-1-2-10(16)6-13-9/h4-5,9-10,13H,1-2,6-7H2/t9-,10?/m0/s1. The Bertz CT molecular complexity index is 413. The molecule has 0 spiro atoms. The second kappa shape index (κ2) is 3.72. The van der Waals surface area contributed by atoms with E-state index in [1.54, 1.807) is 12.4 Å². The van der Waals surface area contributed by atoms with Crippen LogP contribution in [-0.4, -0.2) is 35.1 Å². The zero-order valence-electron chi connectivity index (χ0n) is 8.93. The quantitative estimate of drug-likeness (QED) is 0.729. The van der Waals surface area contributed by atoms with Gasteiger partial charge in [-0.1, -0.05) is 0 Å². The van der Waals surface area contributed by atoms with E-state index in [4.69, 9.17) is 5.26 Å². The average Bonchev–Trinajstić information content (AvgIpc) is 2.40. The van der Waals surface area contributed by atoms with Crippen molar-refractivity contribution < 1.29 is 0 Å². The van der Waals surface area contributed by atoms with E-state index in [0.717, 1.165) is 19.0 Å². The molecule has 3 aliphatic heterocycles. The van der Waals surface area contributed by atoms with Gasteiger partial charge in [0.1, 0.15) is 6.07 Å². The smallest absolute Gasteiger partial charge is 0.225 e. The molecule has 82 valence electrons. The molecule has 4 rings (SSSR count). The first-order chi connectivity index (χ1) is 7.86. The molecule has 1 aromatic rings. The highest BCUT2D eigenvalue weighted by Gasteiger charge is 2.34. The van der Waals surface area contributed by atoms with Gasteiger partial charge in [0.15, 0.2) is 0 Å². The summed E-state index contributed by atoms with van der Waals surface area (Å²) in [6.45, 7) is 2.00. The van der Waals surface area contributed by atoms with Gasteiger partial charge in [0.2, 0.25) is 5.95 Å². The van der Waals surface area contributed by atoms with Gasteiger partial charge in [0, 0.05) is 25.2 Å². The summed E-state index contributed by atoms with van der Waals surface area (Å²) in [5, 5.41) is 12.2. The predicted molar refractivity (Wildman–Crippen MR) is 58.9 cm³/mol. The van der Waals surface area contributed by atoms with Crippen molar-refractivity contribution >= 4 is 5.95 Å². The number of nitriles is 1. The number of nitrogens with one attached hydrogen (secondary N) is 1. The van der Waals surface area contributed by atoms with Crippen LogP contribution in [0.3, 0.4) is 0 Å². The largest absolute Gasteiger partial charge is 0.335 e. The highest BCUT2D eigenvalue weighted by Crippen LogP contribution is 2.25. The monoisotopic (exact) mass is 215 g/mol. The first-order valence-corrected chi connectivity index (χ1v) is 5.59. The molecule has 0 aromatic carbocycles. The van der Waals surface area contributed by atoms with E-state index in [9.17, 15) is 0 Å². The van der Waals surface area contributed by atoms with Crippen molar-refractivity contribution in [3.63, 3.8) is 0 Å². The van der Waals surface area contributed by atoms with E-state index in [-0.39, 0.29) is 0 Å². The molecule has 3 aliphatic rings. The number of anilines is 1. The van der Waals surface area contributed by atoms with Crippen molar-refractivity contribution in [3.05, 3.63) is 18.0 Å². The summed E-state index contributed by atoms with van der Waals surface area (Å²) in [6, 6.07) is 3.12. The third kappa shape index (κ3) is 1.51. The lowest BCUT2D eigenvalue weighted by molar-refractivity contribution is 0.287. The Morgan fingerprint density at radius 2 is 2.19 bits per heavy atom. The van der Waals surface area contributed by atoms with Crippen molar-refractivity contribution in [1.29, 1.82) is 5.26 Å². The normalized spacial score (nSPS) is 27.8. The Morgan fingerprint density at radius 1 is 1.38 bits per heavy atom. The van der Waals surface area contributed by atoms with Gasteiger partial charge in [-0.25, -0.2) is 9.97 Å². The van der Waals surface area contributed by atoms with Crippen LogP contribution in [-0.2, 0) is 0 Å². The van der Waals surface area contributed by atoms with Crippen LogP contribution in [0, 0.1) is 11.3 Å². The minimum Gasteiger partial charge on any atom is -0.335 e. The van der Waals surface area contributed by atoms with Crippen molar-refractivity contribution in [3.8, 4) is 6.07 Å². The number of hydrogen-bond acceptors (Lipinski definition) is 5. The average molecular weight is 215 g/mol. The maximum atomic E-state index is 8.69. The van der Waals surface area contributed by atoms with E-state index in [2.05, 4.69) is 20.2 Å². The summed E-state index contributed by atoms with van der Waals surface area (Å²) in [5.41, 5.74) is 0.518. The van der Waals surface area contributed by atoms with Crippen LogP contribution in [0.1, 0.15) is 18.4 Å². The summed E-state index contributed by atoms with van der Waals surface area (Å²) in [4.78, 5) is 10.8. The van der Waals surface area contributed by atoms with Crippen LogP contribution in [0.4, 0.5) is 5.95 Å². The summed E-state index contributed by atoms with van der Waals surface area (Å²) in [6.07, 6.45) is 5.65. The van der Waals surface area contributed by atoms with E-state index >= 15 is 0 Å². The Hall–Kier alpha value is -1.67. The fourth-order valence-electron chi connectivity index (χ4n) is 2.48. The highest BCUT2D eigenvalue weighted by atomic mass is 15.3. The van der Waals surface area contributed by atoms with Gasteiger partial charge in [0.05, 0.1) is 18.0 Å². The van der Waals surface area contributed by atoms with Gasteiger partial charge in [-0.3, -0.25) is 0 Å². The molecule has 4 heterocycles. The molecule has 5 heteroatoms. The van der Waals surface area contributed by atoms with Crippen LogP contribution in [0.15, 0.2) is 12.4 Å². The maximum absolute atomic E-state index is 8.69. The van der Waals surface area contributed by atoms with Gasteiger partial charge in [0.25, 0.3) is 0 Å². The van der Waals surface area contributed by atoms with Gasteiger partial charge in [-0.2, -0.15) is 5.26 Å². The summed E-state index contributed by atoms with van der Waals surface area (Å²) >= 11 is 0. The SMILES string of the molecule is N#Cc1cnc(N2C[C@@H]3CCC2CN3)nc1. The lowest BCUT2D eigenvalue weighted by atomic mass is 9.93. The first kappa shape index (κ1) is 9.55. The molecule has 5 nitrogen and oxygen atoms in total. The summed E-state index contributed by atoms with van der Waals surface area (Å²) in [7, 11) is 0. The van der Waals surface area contributed by atoms with Gasteiger partial charge < -0.3 is 10.2 Å². The van der Waals surface area contributed by atoms with E-state index < -0.39 is 0 Å². The molecule has 1 aromatic heterocycles. The van der Waals surface area contributed by atoms with Gasteiger partial charge in [-0.05, 0) is 12.8 Å². The molecule has 3 saturated heterocycles. The van der Waals surface area contributed by atoms with Crippen LogP contribution in [0.5, 0.6) is 0 Å². The van der Waals surface area contributed by atoms with Crippen molar-refractivity contribution in [2.45, 2.75) is 24.9 Å². The van der Waals surface area contributed by atoms with E-state index in [0.29, 0.717) is 17.6 Å². The van der Waals surface area contributed by atoms with Crippen molar-refractivity contribution in [1.82, 2.24) is 15.3 Å². The van der Waals surface area contributed by atoms with E-state index in [1.807, 2.05) is 6.07 Å². The maximum Gasteiger partial charge on any atom is 0.225 e. The summed E-state index contributed by atoms with van der Waals surface area (Å²) < 4.78 is 0. The minimum atomic E-state index is 0.512. The Balaban J connectivity index is 1.84. The number of nitrogens with zero attached hydrogens (tertiary/aromatic N) is 4. The zero-order chi connectivity index (χ0) is 11.0. The highest BCUT2D eigenvalue weighted by molar-refractivity contribution is 5.36. The molecule has 0 saturated carbocycles. The van der Waals surface area contributed by atoms with Crippen LogP contribution in [0.25, 0.3) is 0 Å². The molecule has 3 fully saturated rings. The van der Waals surface area contributed by atoms with Crippen LogP contribution < -0.4 is 10.2 Å². The number of fused-ring (bicyclic) bond motifs is 3. The first-order valence-electron chi connectivity index (χ1n) is 5.59. The number of hydrogen-bond donors (Lipinski definition) is 1. The lowest BCUT2D eigenvalue weighted by Gasteiger charge is -2.45. The molecule has 2 atom stereocenters. The minimum absolute atomic E-state index is 0.512. The fraction of sp³-hybridized carbons (Fsp3) is 0.545. The van der Waals surface area contributed by atoms with Crippen LogP contribution in [0.2, 0.25) is 0 Å². The fourth-order valence-corrected chi connectivity index (χ4v) is 2.48. The number of piperazine rings is 1. The van der Waals surface area contributed by atoms with Crippen LogP contribution >= 0.6 is 0 Å². The topological polar surface area (TPSA) is 64.8 Å². The molecule has 2 bridgehead atoms. The third-order valence-corrected chi connectivity index (χ3v) is 3.37. The number of piperidine rings is 2. The summed E-state index contributed by atoms with van der Waals surface area (Å²) in [5.74, 6) is 0.759. The van der Waals surface area contributed by atoms with Gasteiger partial charge >= 0.3 is 0 Å². The third-order valence-electron chi connectivity index (χ3n) is 3.37. The Labute approximate surface area is 94.1 Å². The van der Waals surface area contributed by atoms with E-state index in [1.165, 1.54) is 12.8 Å². The van der Waals surface area contributed by atoms with Gasteiger partial charge in [-0.15, -0.1) is 0 Å². The number of rotatable bonds is 1. The zero-order valence-corrected chi connectivity index (χ0v) is 8.93. The Morgan fingerprint density at radius 3 is 2.69 bits per heavy atom. The molecule has 1 unspecified atom stereocenters. The lowest BCUT2D eigenvalue weighted by Crippen LogP contribution is -2.61. The van der Waals surface area contributed by atoms with Crippen molar-refractivity contribution in [2.24, 2.45) is 0 Å². The molecule has 16 heavy (non-hydrogen) atoms. The molecule has 0 radical (unpaired) electrons. The molecular weight excluding hydrogens is 202 g/mol. The van der Waals surface area contributed by atoms with Crippen molar-refractivity contribution in [2.75, 3.05) is 18.0 Å². The molecule has 0 aliphatic carbocycles. The second-order valence-electron chi connectivity index (χ2n) is 4.37. The molecule has 1 N–H and O–H groups in total. The molecular formula is C11H13N5. The second-order valence-corrected chi connectivity index (χ2v) is 4.37. The Kier molecular flexibility index (Phi) is 2.22. The predicted octanol–water partition coefficient (Wildman–Crippen LogP) is 0.289. The number of aromatic nitrogens is 2.